The minimum atomic E-state index is 0.384. The Labute approximate surface area is 93.5 Å². The summed E-state index contributed by atoms with van der Waals surface area (Å²) in [5.74, 6) is 1.05. The van der Waals surface area contributed by atoms with E-state index in [2.05, 4.69) is 21.0 Å². The molecule has 0 amide bonds. The van der Waals surface area contributed by atoms with Crippen LogP contribution in [0.25, 0.3) is 5.88 Å². The molecule has 4 nitrogen and oxygen atoms in total. The van der Waals surface area contributed by atoms with E-state index in [0.717, 1.165) is 0 Å². The molecule has 0 spiro atoms. The molecule has 6 heteroatoms. The fourth-order valence-electron chi connectivity index (χ4n) is 1.03. The third-order valence-corrected chi connectivity index (χ3v) is 2.44. The van der Waals surface area contributed by atoms with E-state index in [-0.39, 0.29) is 0 Å². The first-order chi connectivity index (χ1) is 6.72. The van der Waals surface area contributed by atoms with Gasteiger partial charge in [0.2, 0.25) is 5.88 Å². The van der Waals surface area contributed by atoms with Gasteiger partial charge in [0.1, 0.15) is 0 Å². The van der Waals surface area contributed by atoms with E-state index in [1.54, 1.807) is 12.1 Å². The standard InChI is InChI=1S/C8H6BrClN2O2/c1-13-5-4-11-12(8(5)10)7-3-2-6(9)14-7/h2-4H,1H3. The SMILES string of the molecule is COc1cnn(-c2ccc(Br)o2)c1Cl. The predicted octanol–water partition coefficient (Wildman–Crippen LogP) is 2.89. The Balaban J connectivity index is 2.46. The minimum Gasteiger partial charge on any atom is -0.492 e. The van der Waals surface area contributed by atoms with Gasteiger partial charge in [0, 0.05) is 6.07 Å². The summed E-state index contributed by atoms with van der Waals surface area (Å²) in [5, 5.41) is 4.40. The lowest BCUT2D eigenvalue weighted by Gasteiger charge is -1.98. The van der Waals surface area contributed by atoms with Crippen LogP contribution in [0.3, 0.4) is 0 Å². The molecule has 2 aromatic rings. The predicted molar refractivity (Wildman–Crippen MR) is 55.1 cm³/mol. The number of hydrogen-bond donors (Lipinski definition) is 0. The highest BCUT2D eigenvalue weighted by molar-refractivity contribution is 9.10. The molecule has 0 aromatic carbocycles. The summed E-state index contributed by atoms with van der Waals surface area (Å²) in [5.41, 5.74) is 0. The van der Waals surface area contributed by atoms with Crippen LogP contribution in [0.4, 0.5) is 0 Å². The summed E-state index contributed by atoms with van der Waals surface area (Å²) in [4.78, 5) is 0. The van der Waals surface area contributed by atoms with E-state index in [1.807, 2.05) is 0 Å². The van der Waals surface area contributed by atoms with Gasteiger partial charge < -0.3 is 9.15 Å². The Kier molecular flexibility index (Phi) is 2.52. The lowest BCUT2D eigenvalue weighted by molar-refractivity contribution is 0.414. The molecule has 0 saturated heterocycles. The molecular formula is C8H6BrClN2O2. The zero-order valence-corrected chi connectivity index (χ0v) is 9.54. The molecule has 0 N–H and O–H groups in total. The van der Waals surface area contributed by atoms with Gasteiger partial charge in [0.15, 0.2) is 15.6 Å². The third-order valence-electron chi connectivity index (χ3n) is 1.67. The minimum absolute atomic E-state index is 0.384. The Morgan fingerprint density at radius 3 is 2.86 bits per heavy atom. The van der Waals surface area contributed by atoms with Crippen molar-refractivity contribution < 1.29 is 9.15 Å². The third kappa shape index (κ3) is 1.53. The molecule has 0 bridgehead atoms. The van der Waals surface area contributed by atoms with E-state index in [1.165, 1.54) is 18.0 Å². The number of hydrogen-bond acceptors (Lipinski definition) is 3. The van der Waals surface area contributed by atoms with Gasteiger partial charge in [0.05, 0.1) is 13.3 Å². The number of rotatable bonds is 2. The molecule has 0 saturated carbocycles. The monoisotopic (exact) mass is 276 g/mol. The van der Waals surface area contributed by atoms with E-state index >= 15 is 0 Å². The van der Waals surface area contributed by atoms with Crippen molar-refractivity contribution in [3.63, 3.8) is 0 Å². The molecule has 0 aliphatic carbocycles. The first-order valence-electron chi connectivity index (χ1n) is 3.75. The van der Waals surface area contributed by atoms with E-state index in [0.29, 0.717) is 21.5 Å². The summed E-state index contributed by atoms with van der Waals surface area (Å²) < 4.78 is 12.3. The Morgan fingerprint density at radius 2 is 2.36 bits per heavy atom. The maximum absolute atomic E-state index is 5.97. The van der Waals surface area contributed by atoms with Crippen molar-refractivity contribution in [2.75, 3.05) is 7.11 Å². The van der Waals surface area contributed by atoms with Gasteiger partial charge in [-0.05, 0) is 22.0 Å². The fraction of sp³-hybridized carbons (Fsp3) is 0.125. The number of furan rings is 1. The van der Waals surface area contributed by atoms with Crippen LogP contribution in [0.2, 0.25) is 5.15 Å². The van der Waals surface area contributed by atoms with E-state index in [9.17, 15) is 0 Å². The molecule has 0 aliphatic heterocycles. The second-order valence-corrected chi connectivity index (χ2v) is 3.63. The Bertz CT molecular complexity index is 452. The van der Waals surface area contributed by atoms with Crippen molar-refractivity contribution >= 4 is 27.5 Å². The molecule has 2 aromatic heterocycles. The summed E-state index contributed by atoms with van der Waals surface area (Å²) >= 11 is 9.16. The van der Waals surface area contributed by atoms with Gasteiger partial charge >= 0.3 is 0 Å². The zero-order chi connectivity index (χ0) is 10.1. The molecule has 0 fully saturated rings. The van der Waals surface area contributed by atoms with Crippen molar-refractivity contribution in [3.8, 4) is 11.6 Å². The van der Waals surface area contributed by atoms with Crippen LogP contribution >= 0.6 is 27.5 Å². The number of methoxy groups -OCH3 is 1. The largest absolute Gasteiger partial charge is 0.492 e. The number of ether oxygens (including phenoxy) is 1. The van der Waals surface area contributed by atoms with Gasteiger partial charge in [-0.15, -0.1) is 0 Å². The summed E-state index contributed by atoms with van der Waals surface area (Å²) in [6, 6.07) is 3.52. The van der Waals surface area contributed by atoms with Crippen LogP contribution in [0.15, 0.2) is 27.4 Å². The number of halogens is 2. The number of aromatic nitrogens is 2. The average molecular weight is 278 g/mol. The van der Waals surface area contributed by atoms with Gasteiger partial charge in [0.25, 0.3) is 0 Å². The van der Waals surface area contributed by atoms with Crippen molar-refractivity contribution in [2.45, 2.75) is 0 Å². The van der Waals surface area contributed by atoms with Gasteiger partial charge in [-0.3, -0.25) is 0 Å². The average Bonchev–Trinajstić information content (AvgIpc) is 2.72. The van der Waals surface area contributed by atoms with Crippen LogP contribution in [-0.2, 0) is 0 Å². The maximum atomic E-state index is 5.97. The molecule has 74 valence electrons. The molecular weight excluding hydrogens is 271 g/mol. The summed E-state index contributed by atoms with van der Waals surface area (Å²) in [6.07, 6.45) is 1.53. The lowest BCUT2D eigenvalue weighted by atomic mass is 10.6. The smallest absolute Gasteiger partial charge is 0.222 e. The zero-order valence-electron chi connectivity index (χ0n) is 7.20. The second-order valence-electron chi connectivity index (χ2n) is 2.49. The Hall–Kier alpha value is -0.940. The van der Waals surface area contributed by atoms with E-state index < -0.39 is 0 Å². The first kappa shape index (κ1) is 9.61. The summed E-state index contributed by atoms with van der Waals surface area (Å²) in [7, 11) is 1.53. The highest BCUT2D eigenvalue weighted by Crippen LogP contribution is 2.27. The molecule has 2 rings (SSSR count). The highest BCUT2D eigenvalue weighted by Gasteiger charge is 2.12. The lowest BCUT2D eigenvalue weighted by Crippen LogP contribution is -1.93. The second kappa shape index (κ2) is 3.67. The van der Waals surface area contributed by atoms with Crippen LogP contribution in [-0.4, -0.2) is 16.9 Å². The van der Waals surface area contributed by atoms with Crippen molar-refractivity contribution in [1.29, 1.82) is 0 Å². The highest BCUT2D eigenvalue weighted by atomic mass is 79.9. The fourth-order valence-corrected chi connectivity index (χ4v) is 1.58. The van der Waals surface area contributed by atoms with Crippen LogP contribution in [0.1, 0.15) is 0 Å². The van der Waals surface area contributed by atoms with E-state index in [4.69, 9.17) is 20.8 Å². The molecule has 0 unspecified atom stereocenters. The summed E-state index contributed by atoms with van der Waals surface area (Å²) in [6.45, 7) is 0. The number of nitrogens with zero attached hydrogens (tertiary/aromatic N) is 2. The van der Waals surface area contributed by atoms with Crippen molar-refractivity contribution in [3.05, 3.63) is 28.2 Å². The van der Waals surface area contributed by atoms with Gasteiger partial charge in [-0.2, -0.15) is 9.78 Å². The quantitative estimate of drug-likeness (QED) is 0.847. The molecule has 0 atom stereocenters. The van der Waals surface area contributed by atoms with Crippen molar-refractivity contribution in [1.82, 2.24) is 9.78 Å². The normalized spacial score (nSPS) is 10.5. The van der Waals surface area contributed by atoms with Crippen LogP contribution in [0.5, 0.6) is 5.75 Å². The van der Waals surface area contributed by atoms with Gasteiger partial charge in [-0.1, -0.05) is 11.6 Å². The van der Waals surface area contributed by atoms with Crippen LogP contribution < -0.4 is 4.74 Å². The van der Waals surface area contributed by atoms with Gasteiger partial charge in [-0.25, -0.2) is 0 Å². The maximum Gasteiger partial charge on any atom is 0.222 e. The molecule has 0 aliphatic rings. The van der Waals surface area contributed by atoms with Crippen LogP contribution in [0, 0.1) is 0 Å². The molecule has 0 radical (unpaired) electrons. The van der Waals surface area contributed by atoms with Crippen molar-refractivity contribution in [2.24, 2.45) is 0 Å². The molecule has 2 heterocycles. The Morgan fingerprint density at radius 1 is 1.57 bits per heavy atom. The first-order valence-corrected chi connectivity index (χ1v) is 4.92. The molecule has 14 heavy (non-hydrogen) atoms. The topological polar surface area (TPSA) is 40.2 Å².